The maximum atomic E-state index is 13.8. The molecule has 1 aromatic heterocycles. The molecule has 7 nitrogen and oxygen atoms in total. The highest BCUT2D eigenvalue weighted by Crippen LogP contribution is 2.41. The van der Waals surface area contributed by atoms with Crippen molar-refractivity contribution in [2.24, 2.45) is 0 Å². The molecule has 14 heteroatoms. The van der Waals surface area contributed by atoms with Gasteiger partial charge in [0.25, 0.3) is 11.8 Å². The first-order valence-electron chi connectivity index (χ1n) is 12.6. The number of hydrogen-bond donors (Lipinski definition) is 2. The van der Waals surface area contributed by atoms with Gasteiger partial charge >= 0.3 is 18.4 Å². The Balaban J connectivity index is 1.43. The Morgan fingerprint density at radius 2 is 1.58 bits per heavy atom. The Labute approximate surface area is 237 Å². The Kier molecular flexibility index (Phi) is 6.22. The smallest absolute Gasteiger partial charge is 0.331 e. The molecule has 3 heterocycles. The van der Waals surface area contributed by atoms with Crippen molar-refractivity contribution in [1.29, 1.82) is 0 Å². The zero-order chi connectivity index (χ0) is 30.9. The number of halogens is 7. The van der Waals surface area contributed by atoms with Crippen LogP contribution >= 0.6 is 0 Å². The third-order valence-corrected chi connectivity index (χ3v) is 7.44. The summed E-state index contributed by atoms with van der Waals surface area (Å²) in [6.07, 6.45) is -10.0. The molecule has 220 valence electrons. The monoisotopic (exact) mass is 602 g/mol. The number of para-hydroxylation sites is 1. The largest absolute Gasteiger partial charge is 0.433 e. The molecule has 1 fully saturated rings. The summed E-state index contributed by atoms with van der Waals surface area (Å²) >= 11 is 0. The number of aromatic nitrogens is 1. The summed E-state index contributed by atoms with van der Waals surface area (Å²) < 4.78 is 95.9. The number of rotatable bonds is 4. The van der Waals surface area contributed by atoms with Gasteiger partial charge in [-0.1, -0.05) is 42.5 Å². The highest BCUT2D eigenvalue weighted by molar-refractivity contribution is 6.08. The van der Waals surface area contributed by atoms with Crippen molar-refractivity contribution in [1.82, 2.24) is 20.5 Å². The topological polar surface area (TPSA) is 91.4 Å². The highest BCUT2D eigenvalue weighted by atomic mass is 19.4. The van der Waals surface area contributed by atoms with Gasteiger partial charge in [0, 0.05) is 17.5 Å². The van der Waals surface area contributed by atoms with Crippen molar-refractivity contribution in [3.8, 4) is 11.1 Å². The average Bonchev–Trinajstić information content (AvgIpc) is 3.40. The molecule has 0 radical (unpaired) electrons. The van der Waals surface area contributed by atoms with E-state index in [0.717, 1.165) is 12.1 Å². The molecule has 0 unspecified atom stereocenters. The fourth-order valence-corrected chi connectivity index (χ4v) is 5.44. The molecule has 2 aliphatic rings. The van der Waals surface area contributed by atoms with Crippen LogP contribution in [0.1, 0.15) is 32.7 Å². The van der Waals surface area contributed by atoms with Crippen LogP contribution in [0.2, 0.25) is 0 Å². The minimum absolute atomic E-state index is 0.0161. The van der Waals surface area contributed by atoms with Crippen LogP contribution in [-0.4, -0.2) is 34.3 Å². The first-order chi connectivity index (χ1) is 20.2. The number of fused-ring (bicyclic) bond motifs is 2. The Morgan fingerprint density at radius 3 is 2.21 bits per heavy atom. The average molecular weight is 602 g/mol. The second-order valence-electron chi connectivity index (χ2n) is 10.1. The maximum Gasteiger partial charge on any atom is 0.433 e. The molecular formula is C29H17F7N4O3. The lowest BCUT2D eigenvalue weighted by Gasteiger charge is -2.31. The van der Waals surface area contributed by atoms with E-state index in [9.17, 15) is 45.1 Å². The fourth-order valence-electron chi connectivity index (χ4n) is 5.44. The minimum Gasteiger partial charge on any atom is -0.331 e. The van der Waals surface area contributed by atoms with E-state index in [4.69, 9.17) is 0 Å². The zero-order valence-electron chi connectivity index (χ0n) is 21.5. The van der Waals surface area contributed by atoms with E-state index in [1.807, 2.05) is 0 Å². The molecule has 3 aromatic carbocycles. The number of pyridine rings is 1. The molecule has 43 heavy (non-hydrogen) atoms. The lowest BCUT2D eigenvalue weighted by atomic mass is 9.87. The van der Waals surface area contributed by atoms with Crippen LogP contribution in [0.25, 0.3) is 22.0 Å². The Bertz CT molecular complexity index is 1840. The van der Waals surface area contributed by atoms with Gasteiger partial charge in [-0.15, -0.1) is 0 Å². The number of amides is 4. The van der Waals surface area contributed by atoms with Gasteiger partial charge in [-0.05, 0) is 46.5 Å². The minimum atomic E-state index is -5.05. The second kappa shape index (κ2) is 9.51. The van der Waals surface area contributed by atoms with Crippen molar-refractivity contribution in [2.45, 2.75) is 24.4 Å². The van der Waals surface area contributed by atoms with Crippen LogP contribution < -0.4 is 10.6 Å². The molecule has 1 saturated heterocycles. The number of alkyl halides is 6. The molecule has 4 amide bonds. The first kappa shape index (κ1) is 28.1. The molecule has 0 saturated carbocycles. The molecular weight excluding hydrogens is 585 g/mol. The molecule has 4 aromatic rings. The predicted octanol–water partition coefficient (Wildman–Crippen LogP) is 5.77. The van der Waals surface area contributed by atoms with Crippen LogP contribution in [0.3, 0.4) is 0 Å². The number of nitrogens with zero attached hydrogens (tertiary/aromatic N) is 2. The SMILES string of the molecule is O=C1NC(=O)[C@](CN2Cc3ccc(F)cc3C2=O)(c2ccc(-c3cc(C(F)(F)F)nc4c(C(F)(F)F)cccc34)cc2)N1. The summed E-state index contributed by atoms with van der Waals surface area (Å²) in [4.78, 5) is 42.9. The molecule has 6 rings (SSSR count). The van der Waals surface area contributed by atoms with Gasteiger partial charge in [-0.2, -0.15) is 26.3 Å². The van der Waals surface area contributed by atoms with E-state index in [1.54, 1.807) is 0 Å². The third-order valence-electron chi connectivity index (χ3n) is 7.44. The summed E-state index contributed by atoms with van der Waals surface area (Å²) in [6.45, 7) is -0.355. The fraction of sp³-hybridized carbons (Fsp3) is 0.172. The van der Waals surface area contributed by atoms with Gasteiger partial charge in [-0.25, -0.2) is 14.2 Å². The summed E-state index contributed by atoms with van der Waals surface area (Å²) in [5.74, 6) is -2.03. The van der Waals surface area contributed by atoms with Crippen LogP contribution in [0.5, 0.6) is 0 Å². The van der Waals surface area contributed by atoms with Crippen molar-refractivity contribution in [2.75, 3.05) is 6.54 Å². The Morgan fingerprint density at radius 1 is 0.860 bits per heavy atom. The predicted molar refractivity (Wildman–Crippen MR) is 137 cm³/mol. The van der Waals surface area contributed by atoms with Gasteiger partial charge < -0.3 is 10.2 Å². The van der Waals surface area contributed by atoms with Crippen molar-refractivity contribution >= 4 is 28.7 Å². The van der Waals surface area contributed by atoms with E-state index in [-0.39, 0.29) is 40.7 Å². The number of hydrogen-bond acceptors (Lipinski definition) is 4. The van der Waals surface area contributed by atoms with Crippen molar-refractivity contribution in [3.63, 3.8) is 0 Å². The Hall–Kier alpha value is -5.01. The number of carbonyl (C=O) groups is 3. The van der Waals surface area contributed by atoms with E-state index >= 15 is 0 Å². The second-order valence-corrected chi connectivity index (χ2v) is 10.1. The highest BCUT2D eigenvalue weighted by Gasteiger charge is 2.50. The number of carbonyl (C=O) groups excluding carboxylic acids is 3. The van der Waals surface area contributed by atoms with E-state index in [2.05, 4.69) is 15.6 Å². The van der Waals surface area contributed by atoms with Crippen LogP contribution in [-0.2, 0) is 29.2 Å². The number of urea groups is 1. The number of nitrogens with one attached hydrogen (secondary N) is 2. The number of imide groups is 1. The first-order valence-corrected chi connectivity index (χ1v) is 12.6. The van der Waals surface area contributed by atoms with Gasteiger partial charge in [0.15, 0.2) is 5.54 Å². The quantitative estimate of drug-likeness (QED) is 0.229. The van der Waals surface area contributed by atoms with Gasteiger partial charge in [0.1, 0.15) is 11.5 Å². The van der Waals surface area contributed by atoms with Gasteiger partial charge in [-0.3, -0.25) is 14.9 Å². The maximum absolute atomic E-state index is 13.8. The van der Waals surface area contributed by atoms with Crippen molar-refractivity contribution < 1.29 is 45.1 Å². The zero-order valence-corrected chi connectivity index (χ0v) is 21.5. The summed E-state index contributed by atoms with van der Waals surface area (Å²) in [6, 6.07) is 11.6. The normalized spacial score (nSPS) is 18.7. The van der Waals surface area contributed by atoms with E-state index in [0.29, 0.717) is 17.7 Å². The van der Waals surface area contributed by atoms with Crippen LogP contribution in [0.4, 0.5) is 35.5 Å². The van der Waals surface area contributed by atoms with Crippen LogP contribution in [0.15, 0.2) is 66.7 Å². The van der Waals surface area contributed by atoms with Gasteiger partial charge in [0.2, 0.25) is 0 Å². The molecule has 0 aliphatic carbocycles. The van der Waals surface area contributed by atoms with E-state index < -0.39 is 58.3 Å². The summed E-state index contributed by atoms with van der Waals surface area (Å²) in [5, 5.41) is 4.43. The molecule has 2 N–H and O–H groups in total. The lowest BCUT2D eigenvalue weighted by Crippen LogP contribution is -2.52. The van der Waals surface area contributed by atoms with Crippen molar-refractivity contribution in [3.05, 3.63) is 100 Å². The summed E-state index contributed by atoms with van der Waals surface area (Å²) in [7, 11) is 0. The lowest BCUT2D eigenvalue weighted by molar-refractivity contribution is -0.142. The number of benzene rings is 3. The van der Waals surface area contributed by atoms with E-state index in [1.165, 1.54) is 47.4 Å². The standard InChI is InChI=1S/C29H17F7N4O3/c30-17-9-6-15-12-40(24(41)20(15)10-17)13-27(25(42)38-26(43)39-27)16-7-4-14(5-8-16)19-11-22(29(34,35)36)37-23-18(19)2-1-3-21(23)28(31,32)33/h1-11H,12-13H2,(H2,38,39,42,43)/t27-/m0/s1. The molecule has 0 spiro atoms. The molecule has 2 aliphatic heterocycles. The van der Waals surface area contributed by atoms with Crippen LogP contribution in [0, 0.1) is 5.82 Å². The van der Waals surface area contributed by atoms with Gasteiger partial charge in [0.05, 0.1) is 17.6 Å². The molecule has 1 atom stereocenters. The third kappa shape index (κ3) is 4.72. The molecule has 0 bridgehead atoms. The summed E-state index contributed by atoms with van der Waals surface area (Å²) in [5.41, 5.74) is -4.97.